The first-order chi connectivity index (χ1) is 9.44. The number of halogens is 2. The van der Waals surface area contributed by atoms with Crippen molar-refractivity contribution in [2.45, 2.75) is 10.6 Å². The molecule has 0 aromatic heterocycles. The Morgan fingerprint density at radius 2 is 1.90 bits per heavy atom. The molecule has 102 valence electrons. The molecular weight excluding hydrogens is 301 g/mol. The zero-order valence-electron chi connectivity index (χ0n) is 10.2. The standard InChI is InChI=1S/C14H9ClFNO2S/c15-12-7-10(8-17)5-6-11(12)9-20(18,19)14-4-2-1-3-13(14)16/h1-7H,9H2. The van der Waals surface area contributed by atoms with Gasteiger partial charge in [-0.2, -0.15) is 5.26 Å². The van der Waals surface area contributed by atoms with Crippen molar-refractivity contribution >= 4 is 21.4 Å². The van der Waals surface area contributed by atoms with E-state index in [-0.39, 0.29) is 9.92 Å². The van der Waals surface area contributed by atoms with Crippen LogP contribution in [0.4, 0.5) is 4.39 Å². The summed E-state index contributed by atoms with van der Waals surface area (Å²) in [4.78, 5) is -0.361. The molecule has 0 aliphatic carbocycles. The highest BCUT2D eigenvalue weighted by Gasteiger charge is 2.20. The van der Waals surface area contributed by atoms with Crippen LogP contribution in [-0.2, 0) is 15.6 Å². The van der Waals surface area contributed by atoms with Gasteiger partial charge in [0.25, 0.3) is 0 Å². The average Bonchev–Trinajstić information content (AvgIpc) is 2.41. The van der Waals surface area contributed by atoms with E-state index < -0.39 is 21.4 Å². The van der Waals surface area contributed by atoms with Gasteiger partial charge in [0.2, 0.25) is 0 Å². The van der Waals surface area contributed by atoms with E-state index >= 15 is 0 Å². The van der Waals surface area contributed by atoms with Crippen molar-refractivity contribution in [3.63, 3.8) is 0 Å². The van der Waals surface area contributed by atoms with Crippen LogP contribution in [0.1, 0.15) is 11.1 Å². The van der Waals surface area contributed by atoms with Gasteiger partial charge < -0.3 is 0 Å². The molecule has 0 saturated carbocycles. The molecule has 0 atom stereocenters. The van der Waals surface area contributed by atoms with Crippen LogP contribution in [0.5, 0.6) is 0 Å². The molecule has 0 N–H and O–H groups in total. The molecule has 0 aliphatic rings. The van der Waals surface area contributed by atoms with Crippen molar-refractivity contribution in [1.82, 2.24) is 0 Å². The summed E-state index contributed by atoms with van der Waals surface area (Å²) in [5, 5.41) is 8.89. The Bertz CT molecular complexity index is 797. The molecule has 6 heteroatoms. The van der Waals surface area contributed by atoms with E-state index in [2.05, 4.69) is 0 Å². The first-order valence-corrected chi connectivity index (χ1v) is 7.63. The number of benzene rings is 2. The summed E-state index contributed by atoms with van der Waals surface area (Å²) < 4.78 is 37.9. The zero-order valence-corrected chi connectivity index (χ0v) is 11.7. The lowest BCUT2D eigenvalue weighted by atomic mass is 10.2. The van der Waals surface area contributed by atoms with Crippen molar-refractivity contribution < 1.29 is 12.8 Å². The van der Waals surface area contributed by atoms with Crippen molar-refractivity contribution in [2.75, 3.05) is 0 Å². The minimum Gasteiger partial charge on any atom is -0.223 e. The molecule has 3 nitrogen and oxygen atoms in total. The highest BCUT2D eigenvalue weighted by atomic mass is 35.5. The minimum absolute atomic E-state index is 0.170. The lowest BCUT2D eigenvalue weighted by molar-refractivity contribution is 0.566. The smallest absolute Gasteiger partial charge is 0.185 e. The molecule has 20 heavy (non-hydrogen) atoms. The highest BCUT2D eigenvalue weighted by Crippen LogP contribution is 2.24. The first kappa shape index (κ1) is 14.5. The van der Waals surface area contributed by atoms with Crippen molar-refractivity contribution in [3.05, 3.63) is 64.4 Å². The first-order valence-electron chi connectivity index (χ1n) is 5.60. The molecule has 0 aliphatic heterocycles. The number of nitriles is 1. The van der Waals surface area contributed by atoms with Gasteiger partial charge in [0.1, 0.15) is 10.7 Å². The maximum Gasteiger partial charge on any atom is 0.185 e. The van der Waals surface area contributed by atoms with Gasteiger partial charge in [-0.15, -0.1) is 0 Å². The summed E-state index contributed by atoms with van der Waals surface area (Å²) in [6.45, 7) is 0. The Labute approximate surface area is 121 Å². The van der Waals surface area contributed by atoms with E-state index in [1.165, 1.54) is 36.4 Å². The summed E-state index contributed by atoms with van der Waals surface area (Å²) >= 11 is 5.93. The number of sulfone groups is 1. The Hall–Kier alpha value is -1.90. The average molecular weight is 310 g/mol. The molecule has 0 unspecified atom stereocenters. The summed E-state index contributed by atoms with van der Waals surface area (Å²) in [6, 6.07) is 11.4. The van der Waals surface area contributed by atoms with Crippen LogP contribution >= 0.6 is 11.6 Å². The predicted octanol–water partition coefficient (Wildman–Crippen LogP) is 3.32. The summed E-state index contributed by atoms with van der Waals surface area (Å²) in [5.41, 5.74) is 0.663. The van der Waals surface area contributed by atoms with Gasteiger partial charge in [0, 0.05) is 5.02 Å². The van der Waals surface area contributed by atoms with Crippen LogP contribution in [0.2, 0.25) is 5.02 Å². The molecule has 0 radical (unpaired) electrons. The summed E-state index contributed by atoms with van der Waals surface area (Å²) in [5.74, 6) is -1.21. The largest absolute Gasteiger partial charge is 0.223 e. The van der Waals surface area contributed by atoms with Crippen molar-refractivity contribution in [3.8, 4) is 6.07 Å². The molecule has 0 bridgehead atoms. The third kappa shape index (κ3) is 2.98. The third-order valence-corrected chi connectivity index (χ3v) is 4.74. The van der Waals surface area contributed by atoms with Crippen LogP contribution in [0.15, 0.2) is 47.4 Å². The van der Waals surface area contributed by atoms with Gasteiger partial charge in [-0.3, -0.25) is 0 Å². The van der Waals surface area contributed by atoms with Crippen LogP contribution in [0, 0.1) is 17.1 Å². The van der Waals surface area contributed by atoms with Gasteiger partial charge in [0.15, 0.2) is 9.84 Å². The Morgan fingerprint density at radius 1 is 1.20 bits per heavy atom. The van der Waals surface area contributed by atoms with E-state index in [0.29, 0.717) is 11.1 Å². The van der Waals surface area contributed by atoms with Crippen LogP contribution in [0.25, 0.3) is 0 Å². The molecular formula is C14H9ClFNO2S. The maximum atomic E-state index is 13.6. The maximum absolute atomic E-state index is 13.6. The summed E-state index contributed by atoms with van der Waals surface area (Å²) in [7, 11) is -3.83. The lowest BCUT2D eigenvalue weighted by Gasteiger charge is -2.07. The van der Waals surface area contributed by atoms with Crippen LogP contribution in [-0.4, -0.2) is 8.42 Å². The van der Waals surface area contributed by atoms with E-state index in [0.717, 1.165) is 6.07 Å². The van der Waals surface area contributed by atoms with Crippen LogP contribution in [0.3, 0.4) is 0 Å². The fourth-order valence-electron chi connectivity index (χ4n) is 1.71. The monoisotopic (exact) mass is 309 g/mol. The van der Waals surface area contributed by atoms with Crippen molar-refractivity contribution in [2.24, 2.45) is 0 Å². The lowest BCUT2D eigenvalue weighted by Crippen LogP contribution is -2.07. The van der Waals surface area contributed by atoms with Gasteiger partial charge in [-0.1, -0.05) is 29.8 Å². The Balaban J connectivity index is 2.40. The Morgan fingerprint density at radius 3 is 2.50 bits per heavy atom. The number of nitrogens with zero attached hydrogens (tertiary/aromatic N) is 1. The second kappa shape index (κ2) is 5.61. The molecule has 0 fully saturated rings. The van der Waals surface area contributed by atoms with Crippen LogP contribution < -0.4 is 0 Å². The number of hydrogen-bond donors (Lipinski definition) is 0. The van der Waals surface area contributed by atoms with Gasteiger partial charge in [0.05, 0.1) is 17.4 Å². The molecule has 0 amide bonds. The summed E-state index contributed by atoms with van der Waals surface area (Å²) in [6.07, 6.45) is 0. The minimum atomic E-state index is -3.83. The third-order valence-electron chi connectivity index (χ3n) is 2.70. The molecule has 2 aromatic rings. The van der Waals surface area contributed by atoms with Crippen molar-refractivity contribution in [1.29, 1.82) is 5.26 Å². The van der Waals surface area contributed by atoms with Gasteiger partial charge in [-0.05, 0) is 29.8 Å². The van der Waals surface area contributed by atoms with Gasteiger partial charge >= 0.3 is 0 Å². The second-order valence-corrected chi connectivity index (χ2v) is 6.47. The van der Waals surface area contributed by atoms with E-state index in [1.54, 1.807) is 0 Å². The van der Waals surface area contributed by atoms with E-state index in [9.17, 15) is 12.8 Å². The topological polar surface area (TPSA) is 57.9 Å². The highest BCUT2D eigenvalue weighted by molar-refractivity contribution is 7.90. The van der Waals surface area contributed by atoms with E-state index in [4.69, 9.17) is 16.9 Å². The molecule has 0 saturated heterocycles. The molecule has 0 spiro atoms. The fourth-order valence-corrected chi connectivity index (χ4v) is 3.51. The van der Waals surface area contributed by atoms with Gasteiger partial charge in [-0.25, -0.2) is 12.8 Å². The number of hydrogen-bond acceptors (Lipinski definition) is 3. The normalized spacial score (nSPS) is 11.1. The Kier molecular flexibility index (Phi) is 4.07. The van der Waals surface area contributed by atoms with E-state index in [1.807, 2.05) is 6.07 Å². The molecule has 2 rings (SSSR count). The quantitative estimate of drug-likeness (QED) is 0.874. The fraction of sp³-hybridized carbons (Fsp3) is 0.0714. The SMILES string of the molecule is N#Cc1ccc(CS(=O)(=O)c2ccccc2F)c(Cl)c1. The number of rotatable bonds is 3. The molecule has 2 aromatic carbocycles. The second-order valence-electron chi connectivity index (χ2n) is 4.11. The predicted molar refractivity (Wildman–Crippen MR) is 73.5 cm³/mol. The molecule has 0 heterocycles. The zero-order chi connectivity index (χ0) is 14.8.